The predicted molar refractivity (Wildman–Crippen MR) is 89.9 cm³/mol. The monoisotopic (exact) mass is 299 g/mol. The van der Waals surface area contributed by atoms with Crippen LogP contribution in [-0.2, 0) is 9.53 Å². The van der Waals surface area contributed by atoms with Crippen LogP contribution in [0, 0.1) is 17.8 Å². The van der Waals surface area contributed by atoms with Crippen molar-refractivity contribution in [1.29, 1.82) is 0 Å². The highest BCUT2D eigenvalue weighted by Crippen LogP contribution is 2.51. The first-order valence-electron chi connectivity index (χ1n) is 8.54. The lowest BCUT2D eigenvalue weighted by molar-refractivity contribution is -0.142. The van der Waals surface area contributed by atoms with Crippen LogP contribution in [0.15, 0.2) is 30.3 Å². The minimum absolute atomic E-state index is 0.416. The van der Waals surface area contributed by atoms with E-state index in [0.29, 0.717) is 0 Å². The minimum atomic E-state index is -0.670. The molecule has 3 saturated heterocycles. The number of benzene rings is 1. The van der Waals surface area contributed by atoms with Gasteiger partial charge in [0.05, 0.1) is 7.11 Å². The Morgan fingerprint density at radius 1 is 1.09 bits per heavy atom. The lowest BCUT2D eigenvalue weighted by Gasteiger charge is -2.48. The van der Waals surface area contributed by atoms with Gasteiger partial charge in [0.1, 0.15) is 12.8 Å². The van der Waals surface area contributed by atoms with E-state index < -0.39 is 12.0 Å². The molecular formula is C18H26BNO2. The standard InChI is InChI=1S/C9H15B.C9H11NO2/c1-7-2-9-3-8(1)5-10(4-7)6-9;1-12-9(11)8(10)7-5-3-2-4-6-7/h7-9H,1-6H2;2-6,8H,10H2,1H3. The zero-order valence-electron chi connectivity index (χ0n) is 13.4. The molecule has 0 radical (unpaired) electrons. The molecule has 1 aliphatic carbocycles. The Kier molecular flexibility index (Phi) is 4.87. The largest absolute Gasteiger partial charge is 0.468 e. The Balaban J connectivity index is 0.000000132. The first-order chi connectivity index (χ1) is 10.7. The van der Waals surface area contributed by atoms with Crippen LogP contribution in [0.4, 0.5) is 0 Å². The van der Waals surface area contributed by atoms with Crippen molar-refractivity contribution in [2.45, 2.75) is 44.3 Å². The van der Waals surface area contributed by atoms with E-state index in [1.54, 1.807) is 50.4 Å². The maximum atomic E-state index is 11.0. The van der Waals surface area contributed by atoms with Gasteiger partial charge in [-0.3, -0.25) is 4.79 Å². The third-order valence-electron chi connectivity index (χ3n) is 5.61. The number of carbonyl (C=O) groups is 1. The molecule has 4 aliphatic rings. The van der Waals surface area contributed by atoms with Crippen molar-refractivity contribution < 1.29 is 9.53 Å². The molecule has 3 heterocycles. The van der Waals surface area contributed by atoms with E-state index in [0.717, 1.165) is 5.56 Å². The van der Waals surface area contributed by atoms with Crippen molar-refractivity contribution >= 4 is 12.7 Å². The molecule has 4 heteroatoms. The molecule has 2 N–H and O–H groups in total. The SMILES string of the molecule is C1B2CC3CC1CC(C2)C3.COC(=O)C(N)c1ccccc1. The average Bonchev–Trinajstić information content (AvgIpc) is 2.53. The van der Waals surface area contributed by atoms with E-state index in [-0.39, 0.29) is 0 Å². The van der Waals surface area contributed by atoms with Crippen LogP contribution in [0.3, 0.4) is 0 Å². The smallest absolute Gasteiger partial charge is 0.327 e. The highest BCUT2D eigenvalue weighted by atomic mass is 16.5. The van der Waals surface area contributed by atoms with Gasteiger partial charge in [-0.1, -0.05) is 49.3 Å². The number of hydrogen-bond acceptors (Lipinski definition) is 3. The van der Waals surface area contributed by atoms with Gasteiger partial charge in [-0.15, -0.1) is 0 Å². The van der Waals surface area contributed by atoms with Crippen LogP contribution in [0.25, 0.3) is 0 Å². The highest BCUT2D eigenvalue weighted by Gasteiger charge is 2.43. The number of rotatable bonds is 2. The van der Waals surface area contributed by atoms with Crippen LogP contribution >= 0.6 is 0 Å². The first kappa shape index (κ1) is 15.6. The minimum Gasteiger partial charge on any atom is -0.468 e. The van der Waals surface area contributed by atoms with Gasteiger partial charge in [0.15, 0.2) is 0 Å². The molecule has 0 amide bonds. The molecule has 3 aliphatic heterocycles. The Hall–Kier alpha value is -1.29. The Labute approximate surface area is 133 Å². The maximum Gasteiger partial charge on any atom is 0.327 e. The summed E-state index contributed by atoms with van der Waals surface area (Å²) in [6.45, 7) is 1.18. The molecule has 5 rings (SSSR count). The summed E-state index contributed by atoms with van der Waals surface area (Å²) in [5.41, 5.74) is 6.34. The van der Waals surface area contributed by atoms with E-state index in [2.05, 4.69) is 4.74 Å². The fourth-order valence-corrected chi connectivity index (χ4v) is 4.91. The zero-order chi connectivity index (χ0) is 15.5. The molecular weight excluding hydrogens is 273 g/mol. The lowest BCUT2D eigenvalue weighted by Crippen LogP contribution is -2.42. The van der Waals surface area contributed by atoms with Gasteiger partial charge < -0.3 is 10.5 Å². The van der Waals surface area contributed by atoms with Crippen molar-refractivity contribution in [3.63, 3.8) is 0 Å². The molecule has 1 unspecified atom stereocenters. The summed E-state index contributed by atoms with van der Waals surface area (Å²) in [7, 11) is 1.32. The van der Waals surface area contributed by atoms with Crippen molar-refractivity contribution in [1.82, 2.24) is 0 Å². The molecule has 0 spiro atoms. The third kappa shape index (κ3) is 3.54. The molecule has 4 bridgehead atoms. The number of methoxy groups -OCH3 is 1. The Morgan fingerprint density at radius 2 is 1.59 bits per heavy atom. The molecule has 118 valence electrons. The Bertz CT molecular complexity index is 449. The van der Waals surface area contributed by atoms with Crippen molar-refractivity contribution in [2.75, 3.05) is 7.11 Å². The topological polar surface area (TPSA) is 52.3 Å². The van der Waals surface area contributed by atoms with Crippen molar-refractivity contribution in [3.05, 3.63) is 35.9 Å². The molecule has 3 nitrogen and oxygen atoms in total. The summed E-state index contributed by atoms with van der Waals surface area (Å²) in [5, 5.41) is 0. The predicted octanol–water partition coefficient (Wildman–Crippen LogP) is 3.40. The second kappa shape index (κ2) is 6.87. The van der Waals surface area contributed by atoms with Gasteiger partial charge in [-0.05, 0) is 42.6 Å². The lowest BCUT2D eigenvalue weighted by atomic mass is 9.28. The second-order valence-corrected chi connectivity index (χ2v) is 7.29. The quantitative estimate of drug-likeness (QED) is 0.672. The first-order valence-corrected chi connectivity index (χ1v) is 8.54. The molecule has 4 fully saturated rings. The Morgan fingerprint density at radius 3 is 2.00 bits per heavy atom. The van der Waals surface area contributed by atoms with Crippen molar-refractivity contribution in [3.8, 4) is 0 Å². The molecule has 0 aromatic heterocycles. The highest BCUT2D eigenvalue weighted by molar-refractivity contribution is 6.59. The number of nitrogens with two attached hydrogens (primary N) is 1. The molecule has 22 heavy (non-hydrogen) atoms. The average molecular weight is 299 g/mol. The molecule has 1 aromatic carbocycles. The molecule has 1 saturated carbocycles. The van der Waals surface area contributed by atoms with Crippen LogP contribution in [-0.4, -0.2) is 19.8 Å². The van der Waals surface area contributed by atoms with Crippen molar-refractivity contribution in [2.24, 2.45) is 23.5 Å². The van der Waals surface area contributed by atoms with Gasteiger partial charge in [-0.2, -0.15) is 0 Å². The van der Waals surface area contributed by atoms with E-state index in [4.69, 9.17) is 5.73 Å². The molecule has 1 atom stereocenters. The maximum absolute atomic E-state index is 11.0. The van der Waals surface area contributed by atoms with Crippen LogP contribution < -0.4 is 5.73 Å². The van der Waals surface area contributed by atoms with Gasteiger partial charge in [-0.25, -0.2) is 0 Å². The number of carbonyl (C=O) groups excluding carboxylic acids is 1. The van der Waals surface area contributed by atoms with Gasteiger partial charge in [0, 0.05) is 0 Å². The van der Waals surface area contributed by atoms with Gasteiger partial charge in [0.2, 0.25) is 0 Å². The number of esters is 1. The summed E-state index contributed by atoms with van der Waals surface area (Å²) in [4.78, 5) is 11.0. The summed E-state index contributed by atoms with van der Waals surface area (Å²) in [6.07, 6.45) is 9.62. The number of ether oxygens (including phenoxy) is 1. The third-order valence-corrected chi connectivity index (χ3v) is 5.61. The van der Waals surface area contributed by atoms with E-state index in [1.807, 2.05) is 18.2 Å². The van der Waals surface area contributed by atoms with E-state index in [9.17, 15) is 4.79 Å². The normalized spacial score (nSPS) is 29.5. The van der Waals surface area contributed by atoms with Gasteiger partial charge >= 0.3 is 5.97 Å². The van der Waals surface area contributed by atoms with E-state index >= 15 is 0 Å². The van der Waals surface area contributed by atoms with Crippen LogP contribution in [0.5, 0.6) is 0 Å². The fraction of sp³-hybridized carbons (Fsp3) is 0.611. The van der Waals surface area contributed by atoms with Crippen LogP contribution in [0.1, 0.15) is 30.9 Å². The fourth-order valence-electron chi connectivity index (χ4n) is 4.91. The van der Waals surface area contributed by atoms with Crippen LogP contribution in [0.2, 0.25) is 19.0 Å². The zero-order valence-corrected chi connectivity index (χ0v) is 13.4. The molecule has 1 aromatic rings. The van der Waals surface area contributed by atoms with E-state index in [1.165, 1.54) is 31.6 Å². The summed E-state index contributed by atoms with van der Waals surface area (Å²) < 4.78 is 4.50. The second-order valence-electron chi connectivity index (χ2n) is 7.29. The summed E-state index contributed by atoms with van der Waals surface area (Å²) in [6, 6.07) is 8.45. The van der Waals surface area contributed by atoms with Gasteiger partial charge in [0.25, 0.3) is 0 Å². The summed E-state index contributed by atoms with van der Waals surface area (Å²) >= 11 is 0. The number of hydrogen-bond donors (Lipinski definition) is 1. The summed E-state index contributed by atoms with van der Waals surface area (Å²) in [5.74, 6) is 3.12.